The lowest BCUT2D eigenvalue weighted by molar-refractivity contribution is 0.345. The molecular formula is C12H11ClFN3O. The summed E-state index contributed by atoms with van der Waals surface area (Å²) in [6.45, 7) is 0.948. The van der Waals surface area contributed by atoms with E-state index in [-0.39, 0.29) is 11.9 Å². The fourth-order valence-corrected chi connectivity index (χ4v) is 2.25. The Morgan fingerprint density at radius 3 is 3.11 bits per heavy atom. The standard InChI is InChI=1S/C12H11ClFN3O/c13-9-4-3-7(14)6-8(9)11-16-12(18-17-11)10-2-1-5-15-10/h3-4,6,10,15H,1-2,5H2. The molecule has 0 aliphatic carbocycles. The lowest BCUT2D eigenvalue weighted by atomic mass is 10.2. The van der Waals surface area contributed by atoms with Crippen LogP contribution in [0.4, 0.5) is 4.39 Å². The molecule has 0 radical (unpaired) electrons. The van der Waals surface area contributed by atoms with E-state index in [1.807, 2.05) is 0 Å². The molecule has 0 spiro atoms. The minimum atomic E-state index is -0.375. The van der Waals surface area contributed by atoms with E-state index in [1.54, 1.807) is 0 Å². The molecule has 1 saturated heterocycles. The van der Waals surface area contributed by atoms with E-state index < -0.39 is 0 Å². The molecule has 18 heavy (non-hydrogen) atoms. The maximum Gasteiger partial charge on any atom is 0.244 e. The third-order valence-electron chi connectivity index (χ3n) is 2.97. The first-order valence-corrected chi connectivity index (χ1v) is 6.14. The van der Waals surface area contributed by atoms with Gasteiger partial charge in [0.25, 0.3) is 0 Å². The van der Waals surface area contributed by atoms with Gasteiger partial charge in [0.1, 0.15) is 5.82 Å². The predicted octanol–water partition coefficient (Wildman–Crippen LogP) is 2.95. The molecule has 0 bridgehead atoms. The van der Waals surface area contributed by atoms with Crippen molar-refractivity contribution in [1.29, 1.82) is 0 Å². The van der Waals surface area contributed by atoms with E-state index in [0.717, 1.165) is 19.4 Å². The highest BCUT2D eigenvalue weighted by Gasteiger charge is 2.23. The topological polar surface area (TPSA) is 51.0 Å². The fraction of sp³-hybridized carbons (Fsp3) is 0.333. The van der Waals surface area contributed by atoms with E-state index in [9.17, 15) is 4.39 Å². The molecule has 0 amide bonds. The van der Waals surface area contributed by atoms with Gasteiger partial charge < -0.3 is 9.84 Å². The average molecular weight is 268 g/mol. The highest BCUT2D eigenvalue weighted by atomic mass is 35.5. The summed E-state index contributed by atoms with van der Waals surface area (Å²) >= 11 is 6.00. The average Bonchev–Trinajstić information content (AvgIpc) is 3.00. The van der Waals surface area contributed by atoms with Crippen LogP contribution < -0.4 is 5.32 Å². The van der Waals surface area contributed by atoms with Crippen LogP contribution in [-0.4, -0.2) is 16.7 Å². The van der Waals surface area contributed by atoms with Crippen molar-refractivity contribution >= 4 is 11.6 Å². The van der Waals surface area contributed by atoms with Gasteiger partial charge in [0.15, 0.2) is 0 Å². The van der Waals surface area contributed by atoms with Crippen LogP contribution in [0.5, 0.6) is 0 Å². The second kappa shape index (κ2) is 4.66. The van der Waals surface area contributed by atoms with Crippen LogP contribution in [0.1, 0.15) is 24.8 Å². The van der Waals surface area contributed by atoms with Gasteiger partial charge in [-0.1, -0.05) is 16.8 Å². The maximum atomic E-state index is 13.2. The highest BCUT2D eigenvalue weighted by Crippen LogP contribution is 2.28. The Labute approximate surface area is 108 Å². The molecular weight excluding hydrogens is 257 g/mol. The normalized spacial score (nSPS) is 19.3. The van der Waals surface area contributed by atoms with Crippen molar-refractivity contribution in [2.45, 2.75) is 18.9 Å². The van der Waals surface area contributed by atoms with Gasteiger partial charge in [0.2, 0.25) is 11.7 Å². The van der Waals surface area contributed by atoms with Crippen molar-refractivity contribution in [3.05, 3.63) is 34.9 Å². The van der Waals surface area contributed by atoms with Crippen LogP contribution in [0, 0.1) is 5.82 Å². The van der Waals surface area contributed by atoms with E-state index in [2.05, 4.69) is 15.5 Å². The summed E-state index contributed by atoms with van der Waals surface area (Å²) < 4.78 is 18.4. The Kier molecular flexibility index (Phi) is 3.01. The zero-order chi connectivity index (χ0) is 12.5. The van der Waals surface area contributed by atoms with Crippen molar-refractivity contribution < 1.29 is 8.91 Å². The van der Waals surface area contributed by atoms with Gasteiger partial charge in [-0.05, 0) is 37.6 Å². The molecule has 1 unspecified atom stereocenters. The molecule has 2 aromatic rings. The van der Waals surface area contributed by atoms with Crippen LogP contribution in [0.2, 0.25) is 5.02 Å². The number of hydrogen-bond donors (Lipinski definition) is 1. The van der Waals surface area contributed by atoms with Crippen LogP contribution >= 0.6 is 11.6 Å². The predicted molar refractivity (Wildman–Crippen MR) is 64.7 cm³/mol. The molecule has 1 fully saturated rings. The Balaban J connectivity index is 1.94. The monoisotopic (exact) mass is 267 g/mol. The van der Waals surface area contributed by atoms with Crippen LogP contribution in [0.3, 0.4) is 0 Å². The van der Waals surface area contributed by atoms with Gasteiger partial charge >= 0.3 is 0 Å². The number of hydrogen-bond acceptors (Lipinski definition) is 4. The molecule has 2 heterocycles. The third-order valence-corrected chi connectivity index (χ3v) is 3.30. The third kappa shape index (κ3) is 2.11. The first-order valence-electron chi connectivity index (χ1n) is 5.76. The van der Waals surface area contributed by atoms with E-state index in [4.69, 9.17) is 16.1 Å². The molecule has 1 aromatic carbocycles. The molecule has 94 valence electrons. The number of halogens is 2. The van der Waals surface area contributed by atoms with Gasteiger partial charge in [-0.15, -0.1) is 0 Å². The summed E-state index contributed by atoms with van der Waals surface area (Å²) in [6.07, 6.45) is 2.06. The zero-order valence-electron chi connectivity index (χ0n) is 9.49. The highest BCUT2D eigenvalue weighted by molar-refractivity contribution is 6.33. The minimum Gasteiger partial charge on any atom is -0.337 e. The van der Waals surface area contributed by atoms with Gasteiger partial charge in [0.05, 0.1) is 11.1 Å². The first kappa shape index (κ1) is 11.6. The summed E-state index contributed by atoms with van der Waals surface area (Å²) in [7, 11) is 0. The molecule has 4 nitrogen and oxygen atoms in total. The Morgan fingerprint density at radius 1 is 1.44 bits per heavy atom. The fourth-order valence-electron chi connectivity index (χ4n) is 2.05. The van der Waals surface area contributed by atoms with Gasteiger partial charge in [-0.25, -0.2) is 4.39 Å². The zero-order valence-corrected chi connectivity index (χ0v) is 10.2. The summed E-state index contributed by atoms with van der Waals surface area (Å²) in [6, 6.07) is 4.18. The number of aromatic nitrogens is 2. The lowest BCUT2D eigenvalue weighted by Gasteiger charge is -2.01. The number of benzene rings is 1. The van der Waals surface area contributed by atoms with Gasteiger partial charge in [-0.3, -0.25) is 0 Å². The number of rotatable bonds is 2. The van der Waals surface area contributed by atoms with Crippen LogP contribution in [0.25, 0.3) is 11.4 Å². The van der Waals surface area contributed by atoms with Gasteiger partial charge in [-0.2, -0.15) is 4.98 Å². The second-order valence-corrected chi connectivity index (χ2v) is 4.64. The first-order chi connectivity index (χ1) is 8.74. The minimum absolute atomic E-state index is 0.0959. The molecule has 1 aromatic heterocycles. The summed E-state index contributed by atoms with van der Waals surface area (Å²) in [5.41, 5.74) is 0.449. The quantitative estimate of drug-likeness (QED) is 0.909. The molecule has 1 aliphatic heterocycles. The van der Waals surface area contributed by atoms with Crippen molar-refractivity contribution in [3.8, 4) is 11.4 Å². The number of nitrogens with one attached hydrogen (secondary N) is 1. The van der Waals surface area contributed by atoms with E-state index in [0.29, 0.717) is 22.3 Å². The maximum absolute atomic E-state index is 13.2. The SMILES string of the molecule is Fc1ccc(Cl)c(-c2noc(C3CCCN3)n2)c1. The summed E-state index contributed by atoms with van der Waals surface area (Å²) in [5, 5.41) is 7.52. The summed E-state index contributed by atoms with van der Waals surface area (Å²) in [5.74, 6) is 0.478. The molecule has 1 aliphatic rings. The summed E-state index contributed by atoms with van der Waals surface area (Å²) in [4.78, 5) is 4.27. The molecule has 6 heteroatoms. The van der Waals surface area contributed by atoms with Crippen LogP contribution in [-0.2, 0) is 0 Å². The lowest BCUT2D eigenvalue weighted by Crippen LogP contribution is -2.12. The second-order valence-electron chi connectivity index (χ2n) is 4.23. The van der Waals surface area contributed by atoms with Crippen molar-refractivity contribution in [3.63, 3.8) is 0 Å². The molecule has 1 atom stereocenters. The van der Waals surface area contributed by atoms with Gasteiger partial charge in [0, 0.05) is 5.56 Å². The Morgan fingerprint density at radius 2 is 2.33 bits per heavy atom. The van der Waals surface area contributed by atoms with Crippen molar-refractivity contribution in [1.82, 2.24) is 15.5 Å². The van der Waals surface area contributed by atoms with E-state index >= 15 is 0 Å². The van der Waals surface area contributed by atoms with Crippen molar-refractivity contribution in [2.75, 3.05) is 6.54 Å². The molecule has 1 N–H and O–H groups in total. The molecule has 0 saturated carbocycles. The Hall–Kier alpha value is -1.46. The van der Waals surface area contributed by atoms with Crippen LogP contribution in [0.15, 0.2) is 22.7 Å². The molecule has 3 rings (SSSR count). The Bertz CT molecular complexity index is 566. The number of nitrogens with zero attached hydrogens (tertiary/aromatic N) is 2. The largest absolute Gasteiger partial charge is 0.337 e. The van der Waals surface area contributed by atoms with Crippen molar-refractivity contribution in [2.24, 2.45) is 0 Å². The smallest absolute Gasteiger partial charge is 0.244 e. The van der Waals surface area contributed by atoms with E-state index in [1.165, 1.54) is 18.2 Å².